The van der Waals surface area contributed by atoms with Crippen molar-refractivity contribution in [2.75, 3.05) is 0 Å². The molecule has 0 aromatic carbocycles. The van der Waals surface area contributed by atoms with Crippen LogP contribution in [0.3, 0.4) is 0 Å². The Labute approximate surface area is 71.8 Å². The van der Waals surface area contributed by atoms with Crippen LogP contribution in [0.5, 0.6) is 0 Å². The van der Waals surface area contributed by atoms with Crippen molar-refractivity contribution in [3.63, 3.8) is 0 Å². The normalized spacial score (nSPS) is 12.1. The number of nitrogens with zero attached hydrogens (tertiary/aromatic N) is 2. The van der Waals surface area contributed by atoms with Gasteiger partial charge in [0, 0.05) is 10.7 Å². The number of hydrogen-bond donors (Lipinski definition) is 0. The summed E-state index contributed by atoms with van der Waals surface area (Å²) in [6.45, 7) is 0. The van der Waals surface area contributed by atoms with Crippen molar-refractivity contribution in [3.8, 4) is 6.07 Å². The molecule has 1 heterocycles. The molecule has 0 bridgehead atoms. The maximum absolute atomic E-state index is 12.6. The molecule has 0 aliphatic rings. The van der Waals surface area contributed by atoms with Crippen molar-refractivity contribution in [3.05, 3.63) is 28.5 Å². The molecule has 2 nitrogen and oxygen atoms in total. The first kappa shape index (κ1) is 8.15. The highest BCUT2D eigenvalue weighted by molar-refractivity contribution is 9.10. The summed E-state index contributed by atoms with van der Waals surface area (Å²) in [7, 11) is 0. The van der Waals surface area contributed by atoms with Crippen molar-refractivity contribution in [1.29, 1.82) is 5.26 Å². The molecule has 0 aliphatic carbocycles. The Morgan fingerprint density at radius 3 is 2.82 bits per heavy atom. The molecule has 56 valence electrons. The van der Waals surface area contributed by atoms with Crippen LogP contribution in [0.1, 0.15) is 11.9 Å². The molecule has 0 radical (unpaired) electrons. The van der Waals surface area contributed by atoms with Gasteiger partial charge >= 0.3 is 0 Å². The monoisotopic (exact) mass is 214 g/mol. The van der Waals surface area contributed by atoms with Gasteiger partial charge in [-0.05, 0) is 28.1 Å². The molecule has 0 spiro atoms. The fraction of sp³-hybridized carbons (Fsp3) is 0.143. The second-order valence-electron chi connectivity index (χ2n) is 1.89. The second kappa shape index (κ2) is 3.44. The van der Waals surface area contributed by atoms with Crippen molar-refractivity contribution < 1.29 is 4.39 Å². The molecule has 0 saturated heterocycles. The maximum atomic E-state index is 12.6. The Morgan fingerprint density at radius 2 is 2.36 bits per heavy atom. The summed E-state index contributed by atoms with van der Waals surface area (Å²) in [6, 6.07) is 4.57. The first-order chi connectivity index (χ1) is 5.24. The second-order valence-corrected chi connectivity index (χ2v) is 2.81. The largest absolute Gasteiger partial charge is 0.256 e. The van der Waals surface area contributed by atoms with Gasteiger partial charge in [-0.25, -0.2) is 4.39 Å². The lowest BCUT2D eigenvalue weighted by Crippen LogP contribution is -1.90. The predicted octanol–water partition coefficient (Wildman–Crippen LogP) is 2.38. The minimum absolute atomic E-state index is 0.149. The van der Waals surface area contributed by atoms with E-state index >= 15 is 0 Å². The smallest absolute Gasteiger partial charge is 0.227 e. The zero-order valence-corrected chi connectivity index (χ0v) is 7.05. The highest BCUT2D eigenvalue weighted by Crippen LogP contribution is 2.15. The zero-order chi connectivity index (χ0) is 8.27. The van der Waals surface area contributed by atoms with E-state index in [-0.39, 0.29) is 5.69 Å². The third-order valence-electron chi connectivity index (χ3n) is 1.12. The molecule has 0 unspecified atom stereocenters. The van der Waals surface area contributed by atoms with Gasteiger partial charge in [0.05, 0.1) is 5.69 Å². The van der Waals surface area contributed by atoms with Crippen LogP contribution in [-0.4, -0.2) is 4.98 Å². The fourth-order valence-corrected chi connectivity index (χ4v) is 0.838. The molecule has 0 amide bonds. The molecule has 0 saturated carbocycles. The Bertz CT molecular complexity index is 277. The van der Waals surface area contributed by atoms with Crippen molar-refractivity contribution >= 4 is 15.9 Å². The molecule has 0 aliphatic heterocycles. The van der Waals surface area contributed by atoms with Gasteiger partial charge in [0.15, 0.2) is 0 Å². The van der Waals surface area contributed by atoms with Gasteiger partial charge in [-0.15, -0.1) is 0 Å². The average Bonchev–Trinajstić information content (AvgIpc) is 2.05. The Balaban J connectivity index is 2.92. The number of alkyl halides is 1. The highest BCUT2D eigenvalue weighted by atomic mass is 79.9. The quantitative estimate of drug-likeness (QED) is 0.720. The van der Waals surface area contributed by atoms with Crippen LogP contribution in [0.2, 0.25) is 0 Å². The van der Waals surface area contributed by atoms with E-state index in [2.05, 4.69) is 20.9 Å². The standard InChI is InChI=1S/C7H4BrFN2/c8-5-1-2-7(11-4-5)6(9)3-10/h1-2,4,6H/t6-/m0/s1. The molecule has 11 heavy (non-hydrogen) atoms. The topological polar surface area (TPSA) is 36.7 Å². The first-order valence-corrected chi connectivity index (χ1v) is 3.68. The molecule has 1 aromatic rings. The van der Waals surface area contributed by atoms with Gasteiger partial charge in [-0.3, -0.25) is 4.98 Å². The van der Waals surface area contributed by atoms with Crippen LogP contribution < -0.4 is 0 Å². The molecule has 1 rings (SSSR count). The molecule has 0 fully saturated rings. The number of rotatable bonds is 1. The van der Waals surface area contributed by atoms with Gasteiger partial charge in [0.2, 0.25) is 6.17 Å². The first-order valence-electron chi connectivity index (χ1n) is 2.89. The number of hydrogen-bond acceptors (Lipinski definition) is 2. The zero-order valence-electron chi connectivity index (χ0n) is 5.46. The molecule has 1 aromatic heterocycles. The Hall–Kier alpha value is -0.950. The molecule has 4 heteroatoms. The third kappa shape index (κ3) is 1.99. The molecule has 0 N–H and O–H groups in total. The third-order valence-corrected chi connectivity index (χ3v) is 1.59. The SMILES string of the molecule is N#C[C@H](F)c1ccc(Br)cn1. The predicted molar refractivity (Wildman–Crippen MR) is 41.4 cm³/mol. The van der Waals surface area contributed by atoms with Gasteiger partial charge in [-0.1, -0.05) is 0 Å². The molecular weight excluding hydrogens is 211 g/mol. The highest BCUT2D eigenvalue weighted by Gasteiger charge is 2.07. The van der Waals surface area contributed by atoms with Crippen LogP contribution in [-0.2, 0) is 0 Å². The number of nitriles is 1. The lowest BCUT2D eigenvalue weighted by Gasteiger charge is -1.96. The van der Waals surface area contributed by atoms with E-state index in [1.807, 2.05) is 0 Å². The van der Waals surface area contributed by atoms with Crippen molar-refractivity contribution in [2.24, 2.45) is 0 Å². The van der Waals surface area contributed by atoms with Crippen LogP contribution in [0, 0.1) is 11.3 Å². The lowest BCUT2D eigenvalue weighted by atomic mass is 10.3. The van der Waals surface area contributed by atoms with Crippen LogP contribution in [0.15, 0.2) is 22.8 Å². The summed E-state index contributed by atoms with van der Waals surface area (Å²) in [6.07, 6.45) is -0.165. The maximum Gasteiger partial charge on any atom is 0.227 e. The molecule has 1 atom stereocenters. The van der Waals surface area contributed by atoms with Gasteiger partial charge < -0.3 is 0 Å². The fourth-order valence-electron chi connectivity index (χ4n) is 0.603. The van der Waals surface area contributed by atoms with E-state index in [4.69, 9.17) is 5.26 Å². The Kier molecular flexibility index (Phi) is 2.55. The minimum Gasteiger partial charge on any atom is -0.256 e. The van der Waals surface area contributed by atoms with E-state index in [1.54, 1.807) is 6.07 Å². The van der Waals surface area contributed by atoms with E-state index < -0.39 is 6.17 Å². The number of pyridine rings is 1. The minimum atomic E-state index is -1.62. The summed E-state index contributed by atoms with van der Waals surface area (Å²) in [4.78, 5) is 3.70. The van der Waals surface area contributed by atoms with E-state index in [0.717, 1.165) is 4.47 Å². The number of aromatic nitrogens is 1. The van der Waals surface area contributed by atoms with Gasteiger partial charge in [-0.2, -0.15) is 5.26 Å². The van der Waals surface area contributed by atoms with Gasteiger partial charge in [0.25, 0.3) is 0 Å². The van der Waals surface area contributed by atoms with Crippen molar-refractivity contribution in [2.45, 2.75) is 6.17 Å². The summed E-state index contributed by atoms with van der Waals surface area (Å²) >= 11 is 3.15. The summed E-state index contributed by atoms with van der Waals surface area (Å²) < 4.78 is 13.3. The van der Waals surface area contributed by atoms with Crippen LogP contribution >= 0.6 is 15.9 Å². The lowest BCUT2D eigenvalue weighted by molar-refractivity contribution is 0.415. The summed E-state index contributed by atoms with van der Waals surface area (Å²) in [5.74, 6) is 0. The summed E-state index contributed by atoms with van der Waals surface area (Å²) in [5, 5.41) is 8.18. The van der Waals surface area contributed by atoms with Crippen LogP contribution in [0.25, 0.3) is 0 Å². The average molecular weight is 215 g/mol. The van der Waals surface area contributed by atoms with E-state index in [0.29, 0.717) is 0 Å². The Morgan fingerprint density at radius 1 is 1.64 bits per heavy atom. The molecular formula is C7H4BrFN2. The number of halogens is 2. The van der Waals surface area contributed by atoms with Crippen LogP contribution in [0.4, 0.5) is 4.39 Å². The van der Waals surface area contributed by atoms with E-state index in [1.165, 1.54) is 18.3 Å². The van der Waals surface area contributed by atoms with Crippen molar-refractivity contribution in [1.82, 2.24) is 4.98 Å². The van der Waals surface area contributed by atoms with Gasteiger partial charge in [0.1, 0.15) is 6.07 Å². The van der Waals surface area contributed by atoms with E-state index in [9.17, 15) is 4.39 Å². The summed E-state index contributed by atoms with van der Waals surface area (Å²) in [5.41, 5.74) is 0.149.